The molecule has 1 heterocycles. The number of aromatic nitrogens is 2. The highest BCUT2D eigenvalue weighted by Gasteiger charge is 2.30. The monoisotopic (exact) mass is 374 g/mol. The number of hydrogen-bond donors (Lipinski definition) is 0. The first kappa shape index (κ1) is 14.4. The third-order valence-corrected chi connectivity index (χ3v) is 3.87. The van der Waals surface area contributed by atoms with E-state index in [-0.39, 0.29) is 0 Å². The molecular weight excluding hydrogens is 369 g/mol. The molecule has 0 unspecified atom stereocenters. The molecule has 3 rings (SSSR count). The van der Waals surface area contributed by atoms with E-state index in [9.17, 15) is 13.2 Å². The molecule has 1 aromatic heterocycles. The molecule has 7 heteroatoms. The van der Waals surface area contributed by atoms with Crippen LogP contribution in [-0.2, 0) is 6.18 Å². The van der Waals surface area contributed by atoms with E-state index in [1.54, 1.807) is 12.1 Å². The number of halogens is 5. The van der Waals surface area contributed by atoms with Crippen LogP contribution >= 0.6 is 27.5 Å². The Balaban J connectivity index is 2.10. The average Bonchev–Trinajstić information content (AvgIpc) is 2.74. The molecule has 0 atom stereocenters. The van der Waals surface area contributed by atoms with Gasteiger partial charge < -0.3 is 0 Å². The molecule has 0 aliphatic rings. The third kappa shape index (κ3) is 2.65. The summed E-state index contributed by atoms with van der Waals surface area (Å²) >= 11 is 9.57. The summed E-state index contributed by atoms with van der Waals surface area (Å²) in [5.74, 6) is 0. The van der Waals surface area contributed by atoms with Crippen molar-refractivity contribution in [1.82, 2.24) is 9.78 Å². The first-order valence-electron chi connectivity index (χ1n) is 5.88. The molecule has 108 valence electrons. The van der Waals surface area contributed by atoms with Gasteiger partial charge in [0.2, 0.25) is 0 Å². The number of benzene rings is 2. The lowest BCUT2D eigenvalue weighted by molar-refractivity contribution is -0.137. The van der Waals surface area contributed by atoms with E-state index in [0.717, 1.165) is 22.0 Å². The number of rotatable bonds is 1. The lowest BCUT2D eigenvalue weighted by atomic mass is 10.2. The molecule has 0 fully saturated rings. The zero-order valence-corrected chi connectivity index (χ0v) is 12.7. The van der Waals surface area contributed by atoms with Crippen LogP contribution in [-0.4, -0.2) is 9.78 Å². The molecule has 0 radical (unpaired) electrons. The Labute approximate surface area is 131 Å². The van der Waals surface area contributed by atoms with Gasteiger partial charge in [0.25, 0.3) is 0 Å². The smallest absolute Gasteiger partial charge is 0.221 e. The second-order valence-electron chi connectivity index (χ2n) is 4.41. The van der Waals surface area contributed by atoms with E-state index in [4.69, 9.17) is 11.6 Å². The molecule has 0 aliphatic heterocycles. The molecule has 0 spiro atoms. The van der Waals surface area contributed by atoms with E-state index in [1.165, 1.54) is 16.8 Å². The second kappa shape index (κ2) is 5.03. The summed E-state index contributed by atoms with van der Waals surface area (Å²) in [6, 6.07) is 10.1. The van der Waals surface area contributed by atoms with Crippen molar-refractivity contribution < 1.29 is 13.2 Å². The maximum absolute atomic E-state index is 12.6. The fourth-order valence-electron chi connectivity index (χ4n) is 1.99. The SMILES string of the molecule is FC(F)(F)c1ccc(-n2nc3cc(Br)ccc3c2Cl)cc1. The van der Waals surface area contributed by atoms with Crippen molar-refractivity contribution in [3.8, 4) is 5.69 Å². The van der Waals surface area contributed by atoms with Gasteiger partial charge in [-0.25, -0.2) is 4.68 Å². The fraction of sp³-hybridized carbons (Fsp3) is 0.0714. The van der Waals surface area contributed by atoms with Crippen molar-refractivity contribution in [2.24, 2.45) is 0 Å². The minimum absolute atomic E-state index is 0.359. The number of alkyl halides is 3. The van der Waals surface area contributed by atoms with Gasteiger partial charge in [0.15, 0.2) is 0 Å². The maximum Gasteiger partial charge on any atom is 0.416 e. The Bertz CT molecular complexity index is 809. The average molecular weight is 376 g/mol. The van der Waals surface area contributed by atoms with E-state index in [1.807, 2.05) is 6.07 Å². The zero-order valence-electron chi connectivity index (χ0n) is 10.3. The van der Waals surface area contributed by atoms with Crippen LogP contribution in [0.2, 0.25) is 5.15 Å². The van der Waals surface area contributed by atoms with Gasteiger partial charge in [0, 0.05) is 9.86 Å². The van der Waals surface area contributed by atoms with Crippen molar-refractivity contribution in [2.45, 2.75) is 6.18 Å². The Hall–Kier alpha value is -1.53. The van der Waals surface area contributed by atoms with Crippen LogP contribution in [0.1, 0.15) is 5.56 Å². The zero-order chi connectivity index (χ0) is 15.2. The van der Waals surface area contributed by atoms with Crippen molar-refractivity contribution in [1.29, 1.82) is 0 Å². The molecule has 3 aromatic rings. The highest BCUT2D eigenvalue weighted by atomic mass is 79.9. The maximum atomic E-state index is 12.6. The minimum atomic E-state index is -4.36. The van der Waals surface area contributed by atoms with Gasteiger partial charge in [0.05, 0.1) is 16.8 Å². The van der Waals surface area contributed by atoms with Crippen molar-refractivity contribution in [2.75, 3.05) is 0 Å². The fourth-order valence-corrected chi connectivity index (χ4v) is 2.63. The summed E-state index contributed by atoms with van der Waals surface area (Å²) in [4.78, 5) is 0. The van der Waals surface area contributed by atoms with Crippen LogP contribution in [0.4, 0.5) is 13.2 Å². The summed E-state index contributed by atoms with van der Waals surface area (Å²) in [6.45, 7) is 0. The van der Waals surface area contributed by atoms with Gasteiger partial charge in [-0.15, -0.1) is 0 Å². The van der Waals surface area contributed by atoms with Gasteiger partial charge in [0.1, 0.15) is 5.15 Å². The van der Waals surface area contributed by atoms with E-state index < -0.39 is 11.7 Å². The first-order chi connectivity index (χ1) is 9.86. The van der Waals surface area contributed by atoms with Crippen molar-refractivity contribution >= 4 is 38.4 Å². The van der Waals surface area contributed by atoms with E-state index in [2.05, 4.69) is 21.0 Å². The van der Waals surface area contributed by atoms with Crippen LogP contribution in [0, 0.1) is 0 Å². The Kier molecular flexibility index (Phi) is 3.45. The molecule has 21 heavy (non-hydrogen) atoms. The standard InChI is InChI=1S/C14H7BrClF3N2/c15-9-3-6-11-12(7-9)20-21(13(11)16)10-4-1-8(2-5-10)14(17,18)19/h1-7H. The largest absolute Gasteiger partial charge is 0.416 e. The third-order valence-electron chi connectivity index (χ3n) is 3.01. The molecule has 2 aromatic carbocycles. The number of fused-ring (bicyclic) bond motifs is 1. The highest BCUT2D eigenvalue weighted by Crippen LogP contribution is 2.31. The molecule has 0 bridgehead atoms. The predicted molar refractivity (Wildman–Crippen MR) is 78.8 cm³/mol. The van der Waals surface area contributed by atoms with Gasteiger partial charge in [-0.3, -0.25) is 0 Å². The molecule has 0 saturated heterocycles. The Morgan fingerprint density at radius 3 is 2.33 bits per heavy atom. The van der Waals surface area contributed by atoms with Gasteiger partial charge in [-0.1, -0.05) is 27.5 Å². The van der Waals surface area contributed by atoms with Crippen LogP contribution in [0.15, 0.2) is 46.9 Å². The van der Waals surface area contributed by atoms with Crippen molar-refractivity contribution in [3.05, 3.63) is 57.7 Å². The lowest BCUT2D eigenvalue weighted by Gasteiger charge is -2.08. The Morgan fingerprint density at radius 2 is 1.71 bits per heavy atom. The summed E-state index contributed by atoms with van der Waals surface area (Å²) in [7, 11) is 0. The van der Waals surface area contributed by atoms with Crippen LogP contribution < -0.4 is 0 Å². The topological polar surface area (TPSA) is 17.8 Å². The van der Waals surface area contributed by atoms with E-state index in [0.29, 0.717) is 16.4 Å². The molecular formula is C14H7BrClF3N2. The predicted octanol–water partition coefficient (Wildman–Crippen LogP) is 5.46. The summed E-state index contributed by atoms with van der Waals surface area (Å²) in [5.41, 5.74) is 0.427. The number of nitrogens with zero attached hydrogens (tertiary/aromatic N) is 2. The van der Waals surface area contributed by atoms with Gasteiger partial charge in [-0.05, 0) is 42.5 Å². The van der Waals surface area contributed by atoms with Crippen LogP contribution in [0.5, 0.6) is 0 Å². The van der Waals surface area contributed by atoms with Gasteiger partial charge in [-0.2, -0.15) is 18.3 Å². The molecule has 0 amide bonds. The summed E-state index contributed by atoms with van der Waals surface area (Å²) in [6.07, 6.45) is -4.36. The van der Waals surface area contributed by atoms with Gasteiger partial charge >= 0.3 is 6.18 Å². The molecule has 0 aliphatic carbocycles. The van der Waals surface area contributed by atoms with E-state index >= 15 is 0 Å². The Morgan fingerprint density at radius 1 is 1.05 bits per heavy atom. The lowest BCUT2D eigenvalue weighted by Crippen LogP contribution is -2.05. The molecule has 0 saturated carbocycles. The normalized spacial score (nSPS) is 12.0. The summed E-state index contributed by atoms with van der Waals surface area (Å²) in [5, 5.41) is 5.40. The first-order valence-corrected chi connectivity index (χ1v) is 7.05. The summed E-state index contributed by atoms with van der Waals surface area (Å²) < 4.78 is 39.9. The molecule has 2 nitrogen and oxygen atoms in total. The molecule has 0 N–H and O–H groups in total. The minimum Gasteiger partial charge on any atom is -0.221 e. The van der Waals surface area contributed by atoms with Crippen LogP contribution in [0.25, 0.3) is 16.6 Å². The highest BCUT2D eigenvalue weighted by molar-refractivity contribution is 9.10. The second-order valence-corrected chi connectivity index (χ2v) is 5.68. The quantitative estimate of drug-likeness (QED) is 0.552. The van der Waals surface area contributed by atoms with Crippen molar-refractivity contribution in [3.63, 3.8) is 0 Å². The number of hydrogen-bond acceptors (Lipinski definition) is 1. The van der Waals surface area contributed by atoms with Crippen LogP contribution in [0.3, 0.4) is 0 Å².